The number of rotatable bonds is 2. The SMILES string of the molecule is O=C(Nc1ccnc(C(F)(F)F)c1)c1ccncn1. The molecule has 5 nitrogen and oxygen atoms in total. The molecule has 0 aliphatic rings. The molecule has 8 heteroatoms. The number of aromatic nitrogens is 3. The van der Waals surface area contributed by atoms with Crippen LogP contribution >= 0.6 is 0 Å². The summed E-state index contributed by atoms with van der Waals surface area (Å²) in [4.78, 5) is 22.2. The maximum atomic E-state index is 12.4. The van der Waals surface area contributed by atoms with E-state index in [-0.39, 0.29) is 11.4 Å². The van der Waals surface area contributed by atoms with E-state index in [0.717, 1.165) is 12.3 Å². The van der Waals surface area contributed by atoms with Crippen molar-refractivity contribution < 1.29 is 18.0 Å². The van der Waals surface area contributed by atoms with Crippen molar-refractivity contribution in [2.24, 2.45) is 0 Å². The van der Waals surface area contributed by atoms with Crippen LogP contribution in [0.3, 0.4) is 0 Å². The summed E-state index contributed by atoms with van der Waals surface area (Å²) in [5.74, 6) is -0.623. The molecule has 0 aliphatic carbocycles. The fourth-order valence-corrected chi connectivity index (χ4v) is 1.28. The van der Waals surface area contributed by atoms with Gasteiger partial charge in [0.1, 0.15) is 17.7 Å². The number of pyridine rings is 1. The molecule has 0 radical (unpaired) electrons. The van der Waals surface area contributed by atoms with Crippen LogP contribution in [0.25, 0.3) is 0 Å². The summed E-state index contributed by atoms with van der Waals surface area (Å²) < 4.78 is 37.3. The summed E-state index contributed by atoms with van der Waals surface area (Å²) in [6, 6.07) is 3.36. The minimum atomic E-state index is -4.56. The maximum absolute atomic E-state index is 12.4. The van der Waals surface area contributed by atoms with Crippen molar-refractivity contribution in [2.45, 2.75) is 6.18 Å². The van der Waals surface area contributed by atoms with Crippen LogP contribution < -0.4 is 5.32 Å². The van der Waals surface area contributed by atoms with Gasteiger partial charge in [0, 0.05) is 18.1 Å². The van der Waals surface area contributed by atoms with E-state index in [0.29, 0.717) is 0 Å². The maximum Gasteiger partial charge on any atom is 0.433 e. The summed E-state index contributed by atoms with van der Waals surface area (Å²) in [6.45, 7) is 0. The van der Waals surface area contributed by atoms with Crippen LogP contribution in [-0.2, 0) is 6.18 Å². The van der Waals surface area contributed by atoms with E-state index in [1.165, 1.54) is 24.7 Å². The molecule has 2 rings (SSSR count). The summed E-state index contributed by atoms with van der Waals surface area (Å²) >= 11 is 0. The standard InChI is InChI=1S/C11H7F3N4O/c12-11(13,14)9-5-7(1-4-16-9)18-10(19)8-2-3-15-6-17-8/h1-6H,(H,16,18,19). The largest absolute Gasteiger partial charge is 0.433 e. The Bertz CT molecular complexity index is 586. The molecule has 0 spiro atoms. The fraction of sp³-hybridized carbons (Fsp3) is 0.0909. The lowest BCUT2D eigenvalue weighted by molar-refractivity contribution is -0.141. The first-order chi connectivity index (χ1) is 8.97. The van der Waals surface area contributed by atoms with Gasteiger partial charge >= 0.3 is 6.18 Å². The van der Waals surface area contributed by atoms with Gasteiger partial charge in [0.2, 0.25) is 0 Å². The highest BCUT2D eigenvalue weighted by Crippen LogP contribution is 2.28. The minimum absolute atomic E-state index is 0.00839. The molecule has 2 heterocycles. The van der Waals surface area contributed by atoms with Crippen molar-refractivity contribution in [3.8, 4) is 0 Å². The third-order valence-corrected chi connectivity index (χ3v) is 2.12. The number of alkyl halides is 3. The van der Waals surface area contributed by atoms with Crippen molar-refractivity contribution >= 4 is 11.6 Å². The molecule has 0 saturated heterocycles. The molecule has 0 aliphatic heterocycles. The van der Waals surface area contributed by atoms with E-state index < -0.39 is 17.8 Å². The van der Waals surface area contributed by atoms with E-state index in [9.17, 15) is 18.0 Å². The van der Waals surface area contributed by atoms with Crippen molar-refractivity contribution in [2.75, 3.05) is 5.32 Å². The Labute approximate surface area is 105 Å². The smallest absolute Gasteiger partial charge is 0.321 e. The van der Waals surface area contributed by atoms with E-state index in [2.05, 4.69) is 20.3 Å². The Balaban J connectivity index is 2.18. The van der Waals surface area contributed by atoms with Gasteiger partial charge in [0.25, 0.3) is 5.91 Å². The molecule has 2 aromatic heterocycles. The molecule has 98 valence electrons. The molecule has 0 aromatic carbocycles. The number of nitrogens with one attached hydrogen (secondary N) is 1. The molecule has 0 fully saturated rings. The van der Waals surface area contributed by atoms with Gasteiger partial charge in [-0.05, 0) is 18.2 Å². The van der Waals surface area contributed by atoms with Crippen molar-refractivity contribution in [1.29, 1.82) is 0 Å². The number of hydrogen-bond acceptors (Lipinski definition) is 4. The van der Waals surface area contributed by atoms with Gasteiger partial charge < -0.3 is 5.32 Å². The third-order valence-electron chi connectivity index (χ3n) is 2.12. The quantitative estimate of drug-likeness (QED) is 0.906. The van der Waals surface area contributed by atoms with Crippen molar-refractivity contribution in [1.82, 2.24) is 15.0 Å². The Morgan fingerprint density at radius 1 is 1.16 bits per heavy atom. The molecule has 2 aromatic rings. The molecule has 19 heavy (non-hydrogen) atoms. The Morgan fingerprint density at radius 3 is 2.58 bits per heavy atom. The number of halogens is 3. The number of nitrogens with zero attached hydrogens (tertiary/aromatic N) is 3. The van der Waals surface area contributed by atoms with Gasteiger partial charge in [-0.15, -0.1) is 0 Å². The van der Waals surface area contributed by atoms with Crippen LogP contribution in [0.5, 0.6) is 0 Å². The molecule has 0 bridgehead atoms. The van der Waals surface area contributed by atoms with Gasteiger partial charge in [0.05, 0.1) is 0 Å². The molecule has 0 saturated carbocycles. The molecule has 1 amide bonds. The summed E-state index contributed by atoms with van der Waals surface area (Å²) in [5.41, 5.74) is -1.03. The lowest BCUT2D eigenvalue weighted by atomic mass is 10.3. The Hall–Kier alpha value is -2.51. The predicted molar refractivity (Wildman–Crippen MR) is 59.2 cm³/mol. The highest BCUT2D eigenvalue weighted by molar-refractivity contribution is 6.02. The van der Waals surface area contributed by atoms with Crippen LogP contribution in [0.2, 0.25) is 0 Å². The zero-order chi connectivity index (χ0) is 13.9. The lowest BCUT2D eigenvalue weighted by Gasteiger charge is -2.08. The van der Waals surface area contributed by atoms with Gasteiger partial charge in [-0.2, -0.15) is 13.2 Å². The minimum Gasteiger partial charge on any atom is -0.321 e. The number of hydrogen-bond donors (Lipinski definition) is 1. The van der Waals surface area contributed by atoms with Gasteiger partial charge in [0.15, 0.2) is 0 Å². The summed E-state index contributed by atoms with van der Waals surface area (Å²) in [5, 5.41) is 2.30. The monoisotopic (exact) mass is 268 g/mol. The van der Waals surface area contributed by atoms with Crippen LogP contribution in [0.4, 0.5) is 18.9 Å². The third kappa shape index (κ3) is 3.24. The number of amides is 1. The molecule has 0 atom stereocenters. The van der Waals surface area contributed by atoms with Gasteiger partial charge in [-0.3, -0.25) is 9.78 Å². The van der Waals surface area contributed by atoms with E-state index in [1.54, 1.807) is 0 Å². The van der Waals surface area contributed by atoms with Gasteiger partial charge in [-0.25, -0.2) is 9.97 Å². The number of carbonyl (C=O) groups excluding carboxylic acids is 1. The summed E-state index contributed by atoms with van der Waals surface area (Å²) in [6.07, 6.45) is -1.06. The van der Waals surface area contributed by atoms with Crippen molar-refractivity contribution in [3.05, 3.63) is 48.3 Å². The van der Waals surface area contributed by atoms with Crippen LogP contribution in [0.15, 0.2) is 36.9 Å². The molecular formula is C11H7F3N4O. The second-order valence-corrected chi connectivity index (χ2v) is 3.48. The second-order valence-electron chi connectivity index (χ2n) is 3.48. The molecular weight excluding hydrogens is 261 g/mol. The Morgan fingerprint density at radius 2 is 1.95 bits per heavy atom. The number of anilines is 1. The fourth-order valence-electron chi connectivity index (χ4n) is 1.28. The normalized spacial score (nSPS) is 11.1. The second kappa shape index (κ2) is 5.01. The average Bonchev–Trinajstić information content (AvgIpc) is 2.39. The zero-order valence-electron chi connectivity index (χ0n) is 9.35. The van der Waals surface area contributed by atoms with Crippen LogP contribution in [-0.4, -0.2) is 20.9 Å². The van der Waals surface area contributed by atoms with E-state index >= 15 is 0 Å². The summed E-state index contributed by atoms with van der Waals surface area (Å²) in [7, 11) is 0. The first-order valence-electron chi connectivity index (χ1n) is 5.07. The van der Waals surface area contributed by atoms with Crippen LogP contribution in [0, 0.1) is 0 Å². The van der Waals surface area contributed by atoms with Crippen LogP contribution in [0.1, 0.15) is 16.2 Å². The van der Waals surface area contributed by atoms with E-state index in [4.69, 9.17) is 0 Å². The highest BCUT2D eigenvalue weighted by atomic mass is 19.4. The first-order valence-corrected chi connectivity index (χ1v) is 5.07. The predicted octanol–water partition coefficient (Wildman–Crippen LogP) is 2.14. The lowest BCUT2D eigenvalue weighted by Crippen LogP contribution is -2.15. The van der Waals surface area contributed by atoms with Gasteiger partial charge in [-0.1, -0.05) is 0 Å². The van der Waals surface area contributed by atoms with E-state index in [1.807, 2.05) is 0 Å². The average molecular weight is 268 g/mol. The number of carbonyl (C=O) groups is 1. The first kappa shape index (κ1) is 12.9. The topological polar surface area (TPSA) is 67.8 Å². The molecule has 1 N–H and O–H groups in total. The Kier molecular flexibility index (Phi) is 3.41. The molecule has 0 unspecified atom stereocenters. The zero-order valence-corrected chi connectivity index (χ0v) is 9.35. The highest BCUT2D eigenvalue weighted by Gasteiger charge is 2.32. The van der Waals surface area contributed by atoms with Crippen molar-refractivity contribution in [3.63, 3.8) is 0 Å².